The summed E-state index contributed by atoms with van der Waals surface area (Å²) >= 11 is 0. The normalized spacial score (nSPS) is 24.8. The Bertz CT molecular complexity index is 791. The van der Waals surface area contributed by atoms with Gasteiger partial charge in [0, 0.05) is 65.8 Å². The highest BCUT2D eigenvalue weighted by molar-refractivity contribution is 5.73. The highest BCUT2D eigenvalue weighted by Crippen LogP contribution is 2.20. The van der Waals surface area contributed by atoms with Crippen LogP contribution in [0.4, 0.5) is 0 Å². The third kappa shape index (κ3) is 6.20. The fourth-order valence-corrected chi connectivity index (χ4v) is 5.00. The summed E-state index contributed by atoms with van der Waals surface area (Å²) in [6, 6.07) is 9.58. The first-order chi connectivity index (χ1) is 15.6. The average Bonchev–Trinajstić information content (AvgIpc) is 2.79. The number of hydrogen-bond donors (Lipinski definition) is 0. The number of benzene rings is 1. The summed E-state index contributed by atoms with van der Waals surface area (Å²) in [4.78, 5) is 20.9. The summed E-state index contributed by atoms with van der Waals surface area (Å²) < 4.78 is 12.1. The van der Waals surface area contributed by atoms with Crippen molar-refractivity contribution in [1.29, 1.82) is 5.26 Å². The standard InChI is InChI=1S/C24H35N5O3/c1-20(30)29-11-9-26(10-12-29)7-4-8-27-16-22-18-28(19-23(17-27)32-22)13-14-31-24-6-3-2-5-21(24)15-25/h2-3,5-6,22-23H,4,7-14,16-19H2,1H3. The number of nitrogens with zero attached hydrogens (tertiary/aromatic N) is 5. The van der Waals surface area contributed by atoms with Gasteiger partial charge in [0.05, 0.1) is 17.8 Å². The second-order valence-electron chi connectivity index (χ2n) is 9.06. The minimum atomic E-state index is 0.192. The van der Waals surface area contributed by atoms with Crippen molar-refractivity contribution in [3.8, 4) is 11.8 Å². The molecular formula is C24H35N5O3. The van der Waals surface area contributed by atoms with Gasteiger partial charge in [-0.25, -0.2) is 0 Å². The summed E-state index contributed by atoms with van der Waals surface area (Å²) in [6.45, 7) is 12.8. The molecule has 1 aromatic rings. The highest BCUT2D eigenvalue weighted by Gasteiger charge is 2.34. The van der Waals surface area contributed by atoms with Crippen LogP contribution in [0.15, 0.2) is 24.3 Å². The fourth-order valence-electron chi connectivity index (χ4n) is 5.00. The topological polar surface area (TPSA) is 72.3 Å². The molecule has 0 radical (unpaired) electrons. The molecule has 2 atom stereocenters. The van der Waals surface area contributed by atoms with Crippen LogP contribution < -0.4 is 4.74 Å². The molecule has 0 spiro atoms. The highest BCUT2D eigenvalue weighted by atomic mass is 16.5. The molecular weight excluding hydrogens is 406 g/mol. The molecule has 3 aliphatic rings. The van der Waals surface area contributed by atoms with Crippen LogP contribution in [-0.4, -0.2) is 116 Å². The molecule has 3 heterocycles. The summed E-state index contributed by atoms with van der Waals surface area (Å²) in [5.41, 5.74) is 0.586. The molecule has 0 saturated carbocycles. The zero-order valence-corrected chi connectivity index (χ0v) is 19.1. The lowest BCUT2D eigenvalue weighted by atomic mass is 10.1. The quantitative estimate of drug-likeness (QED) is 0.593. The number of amides is 1. The van der Waals surface area contributed by atoms with Crippen molar-refractivity contribution in [1.82, 2.24) is 19.6 Å². The molecule has 1 amide bonds. The second-order valence-corrected chi connectivity index (χ2v) is 9.06. The number of morpholine rings is 2. The summed E-state index contributed by atoms with van der Waals surface area (Å²) in [5.74, 6) is 0.856. The number of nitriles is 1. The Kier molecular flexibility index (Phi) is 7.98. The minimum absolute atomic E-state index is 0.192. The van der Waals surface area contributed by atoms with Crippen LogP contribution in [0.2, 0.25) is 0 Å². The summed E-state index contributed by atoms with van der Waals surface area (Å²) in [7, 11) is 0. The predicted molar refractivity (Wildman–Crippen MR) is 122 cm³/mol. The number of para-hydroxylation sites is 1. The van der Waals surface area contributed by atoms with Gasteiger partial charge in [0.25, 0.3) is 0 Å². The minimum Gasteiger partial charge on any atom is -0.491 e. The Morgan fingerprint density at radius 3 is 2.28 bits per heavy atom. The van der Waals surface area contributed by atoms with Crippen molar-refractivity contribution < 1.29 is 14.3 Å². The van der Waals surface area contributed by atoms with Crippen molar-refractivity contribution >= 4 is 5.91 Å². The molecule has 8 heteroatoms. The van der Waals surface area contributed by atoms with E-state index in [4.69, 9.17) is 9.47 Å². The van der Waals surface area contributed by atoms with Gasteiger partial charge in [-0.1, -0.05) is 12.1 Å². The molecule has 0 N–H and O–H groups in total. The van der Waals surface area contributed by atoms with E-state index in [9.17, 15) is 10.1 Å². The van der Waals surface area contributed by atoms with Crippen LogP contribution in [-0.2, 0) is 9.53 Å². The van der Waals surface area contributed by atoms with Crippen molar-refractivity contribution in [3.63, 3.8) is 0 Å². The molecule has 0 aromatic heterocycles. The van der Waals surface area contributed by atoms with Gasteiger partial charge in [0.1, 0.15) is 18.4 Å². The summed E-state index contributed by atoms with van der Waals surface area (Å²) in [6.07, 6.45) is 1.68. The van der Waals surface area contributed by atoms with Gasteiger partial charge in [-0.2, -0.15) is 5.26 Å². The summed E-state index contributed by atoms with van der Waals surface area (Å²) in [5, 5.41) is 9.19. The van der Waals surface area contributed by atoms with Gasteiger partial charge >= 0.3 is 0 Å². The third-order valence-corrected chi connectivity index (χ3v) is 6.67. The van der Waals surface area contributed by atoms with E-state index >= 15 is 0 Å². The van der Waals surface area contributed by atoms with Crippen molar-refractivity contribution in [2.45, 2.75) is 25.6 Å². The number of rotatable bonds is 8. The van der Waals surface area contributed by atoms with E-state index in [1.807, 2.05) is 23.1 Å². The van der Waals surface area contributed by atoms with Gasteiger partial charge in [-0.05, 0) is 31.6 Å². The zero-order valence-electron chi connectivity index (χ0n) is 19.1. The lowest BCUT2D eigenvalue weighted by Crippen LogP contribution is -2.60. The number of ether oxygens (including phenoxy) is 2. The molecule has 32 heavy (non-hydrogen) atoms. The van der Waals surface area contributed by atoms with E-state index < -0.39 is 0 Å². The smallest absolute Gasteiger partial charge is 0.219 e. The molecule has 0 aliphatic carbocycles. The van der Waals surface area contributed by atoms with Crippen LogP contribution >= 0.6 is 0 Å². The van der Waals surface area contributed by atoms with Crippen molar-refractivity contribution in [2.75, 3.05) is 78.6 Å². The number of carbonyl (C=O) groups excluding carboxylic acids is 1. The molecule has 174 valence electrons. The Balaban J connectivity index is 1.13. The van der Waals surface area contributed by atoms with Crippen LogP contribution in [0.1, 0.15) is 18.9 Å². The predicted octanol–water partition coefficient (Wildman–Crippen LogP) is 0.876. The molecule has 2 bridgehead atoms. The number of fused-ring (bicyclic) bond motifs is 2. The average molecular weight is 442 g/mol. The largest absolute Gasteiger partial charge is 0.491 e. The number of hydrogen-bond acceptors (Lipinski definition) is 7. The molecule has 3 saturated heterocycles. The van der Waals surface area contributed by atoms with Crippen molar-refractivity contribution in [2.24, 2.45) is 0 Å². The van der Waals surface area contributed by atoms with Gasteiger partial charge in [0.15, 0.2) is 0 Å². The van der Waals surface area contributed by atoms with E-state index in [2.05, 4.69) is 20.8 Å². The Morgan fingerprint density at radius 1 is 1.00 bits per heavy atom. The molecule has 3 fully saturated rings. The Morgan fingerprint density at radius 2 is 1.62 bits per heavy atom. The Hall–Kier alpha value is -2.18. The first-order valence-corrected chi connectivity index (χ1v) is 11.8. The SMILES string of the molecule is CC(=O)N1CCN(CCCN2CC3CN(CCOc4ccccc4C#N)CC(C2)O3)CC1. The zero-order chi connectivity index (χ0) is 22.3. The van der Waals surface area contributed by atoms with E-state index in [0.29, 0.717) is 17.9 Å². The van der Waals surface area contributed by atoms with E-state index in [-0.39, 0.29) is 18.1 Å². The first-order valence-electron chi connectivity index (χ1n) is 11.8. The third-order valence-electron chi connectivity index (χ3n) is 6.67. The van der Waals surface area contributed by atoms with Crippen LogP contribution in [0.3, 0.4) is 0 Å². The first kappa shape index (κ1) is 23.0. The van der Waals surface area contributed by atoms with E-state index in [1.54, 1.807) is 13.0 Å². The van der Waals surface area contributed by atoms with Crippen molar-refractivity contribution in [3.05, 3.63) is 29.8 Å². The molecule has 8 nitrogen and oxygen atoms in total. The maximum atomic E-state index is 11.5. The van der Waals surface area contributed by atoms with Gasteiger partial charge in [-0.3, -0.25) is 19.5 Å². The van der Waals surface area contributed by atoms with Crippen LogP contribution in [0.25, 0.3) is 0 Å². The van der Waals surface area contributed by atoms with Crippen LogP contribution in [0.5, 0.6) is 5.75 Å². The second kappa shape index (κ2) is 11.1. The molecule has 4 rings (SSSR count). The molecule has 2 unspecified atom stereocenters. The maximum Gasteiger partial charge on any atom is 0.219 e. The van der Waals surface area contributed by atoms with Gasteiger partial charge in [0.2, 0.25) is 5.91 Å². The van der Waals surface area contributed by atoms with Gasteiger partial charge in [-0.15, -0.1) is 0 Å². The van der Waals surface area contributed by atoms with Crippen LogP contribution in [0, 0.1) is 11.3 Å². The number of carbonyl (C=O) groups is 1. The molecule has 1 aromatic carbocycles. The maximum absolute atomic E-state index is 11.5. The monoisotopic (exact) mass is 441 g/mol. The van der Waals surface area contributed by atoms with E-state index in [1.165, 1.54) is 0 Å². The molecule has 3 aliphatic heterocycles. The Labute approximate surface area is 191 Å². The lowest BCUT2D eigenvalue weighted by molar-refractivity contribution is -0.139. The number of piperazine rings is 1. The van der Waals surface area contributed by atoms with E-state index in [0.717, 1.165) is 78.4 Å². The fraction of sp³-hybridized carbons (Fsp3) is 0.667. The van der Waals surface area contributed by atoms with Gasteiger partial charge < -0.3 is 14.4 Å². The lowest BCUT2D eigenvalue weighted by Gasteiger charge is -2.46.